The third kappa shape index (κ3) is 3.26. The van der Waals surface area contributed by atoms with E-state index in [2.05, 4.69) is 15.1 Å². The van der Waals surface area contributed by atoms with Gasteiger partial charge in [-0.05, 0) is 17.7 Å². The summed E-state index contributed by atoms with van der Waals surface area (Å²) in [5.41, 5.74) is 3.72. The highest BCUT2D eigenvalue weighted by Gasteiger charge is 2.21. The van der Waals surface area contributed by atoms with Crippen LogP contribution in [0.5, 0.6) is 0 Å². The molecule has 6 nitrogen and oxygen atoms in total. The summed E-state index contributed by atoms with van der Waals surface area (Å²) in [6.45, 7) is 1.35. The largest absolute Gasteiger partial charge is 0.336 e. The van der Waals surface area contributed by atoms with E-state index in [1.807, 2.05) is 0 Å². The number of rotatable bonds is 3. The molecule has 0 spiro atoms. The number of hydrogen-bond donors (Lipinski definition) is 0. The summed E-state index contributed by atoms with van der Waals surface area (Å²) < 4.78 is 14.6. The fourth-order valence-corrected chi connectivity index (χ4v) is 2.96. The summed E-state index contributed by atoms with van der Waals surface area (Å²) in [7, 11) is 0. The van der Waals surface area contributed by atoms with Gasteiger partial charge in [0.15, 0.2) is 0 Å². The maximum atomic E-state index is 13.0. The second kappa shape index (κ2) is 6.43. The zero-order valence-electron chi connectivity index (χ0n) is 13.5. The first-order valence-corrected chi connectivity index (χ1v) is 8.03. The van der Waals surface area contributed by atoms with Crippen LogP contribution in [0.2, 0.25) is 0 Å². The van der Waals surface area contributed by atoms with Crippen molar-refractivity contribution < 1.29 is 9.18 Å². The van der Waals surface area contributed by atoms with Gasteiger partial charge >= 0.3 is 0 Å². The van der Waals surface area contributed by atoms with Crippen LogP contribution >= 0.6 is 0 Å². The number of aromatic nitrogens is 4. The lowest BCUT2D eigenvalue weighted by Gasteiger charge is -2.27. The molecule has 0 radical (unpaired) electrons. The first-order valence-electron chi connectivity index (χ1n) is 8.03. The average Bonchev–Trinajstić information content (AvgIpc) is 3.10. The van der Waals surface area contributed by atoms with Crippen molar-refractivity contribution in [3.05, 3.63) is 66.3 Å². The Morgan fingerprint density at radius 2 is 2.00 bits per heavy atom. The molecule has 2 aromatic heterocycles. The van der Waals surface area contributed by atoms with E-state index < -0.39 is 0 Å². The van der Waals surface area contributed by atoms with Gasteiger partial charge in [-0.1, -0.05) is 12.1 Å². The lowest BCUT2D eigenvalue weighted by atomic mass is 10.1. The third-order valence-electron chi connectivity index (χ3n) is 4.32. The minimum atomic E-state index is -0.277. The standard InChI is InChI=1S/C18H16FN5O/c19-16-3-1-13(2-4-16)14-8-22-24(10-14)11-18(25)23-6-5-17-15(9-23)7-20-12-21-17/h1-4,7-8,10,12H,5-6,9,11H2. The fraction of sp³-hybridized carbons (Fsp3) is 0.222. The Hall–Kier alpha value is -3.09. The molecular weight excluding hydrogens is 321 g/mol. The maximum Gasteiger partial charge on any atom is 0.244 e. The van der Waals surface area contributed by atoms with Crippen LogP contribution in [0.1, 0.15) is 11.3 Å². The molecule has 0 saturated carbocycles. The van der Waals surface area contributed by atoms with Crippen molar-refractivity contribution >= 4 is 5.91 Å². The monoisotopic (exact) mass is 337 g/mol. The first-order chi connectivity index (χ1) is 12.2. The van der Waals surface area contributed by atoms with Gasteiger partial charge in [-0.15, -0.1) is 0 Å². The number of carbonyl (C=O) groups excluding carboxylic acids is 1. The van der Waals surface area contributed by atoms with Crippen LogP contribution in [0, 0.1) is 5.82 Å². The van der Waals surface area contributed by atoms with Gasteiger partial charge in [-0.25, -0.2) is 14.4 Å². The molecule has 3 aromatic rings. The van der Waals surface area contributed by atoms with Crippen LogP contribution in [-0.4, -0.2) is 37.1 Å². The van der Waals surface area contributed by atoms with Gasteiger partial charge in [0.25, 0.3) is 0 Å². The highest BCUT2D eigenvalue weighted by Crippen LogP contribution is 2.19. The van der Waals surface area contributed by atoms with E-state index in [1.54, 1.807) is 40.3 Å². The second-order valence-corrected chi connectivity index (χ2v) is 5.99. The van der Waals surface area contributed by atoms with Crippen LogP contribution < -0.4 is 0 Å². The van der Waals surface area contributed by atoms with E-state index in [-0.39, 0.29) is 18.3 Å². The molecule has 0 bridgehead atoms. The molecular formula is C18H16FN5O. The molecule has 0 aliphatic carbocycles. The van der Waals surface area contributed by atoms with Crippen molar-refractivity contribution in [3.8, 4) is 11.1 Å². The van der Waals surface area contributed by atoms with E-state index >= 15 is 0 Å². The van der Waals surface area contributed by atoms with E-state index in [1.165, 1.54) is 18.5 Å². The Balaban J connectivity index is 1.44. The highest BCUT2D eigenvalue weighted by molar-refractivity contribution is 5.76. The van der Waals surface area contributed by atoms with Crippen molar-refractivity contribution in [2.45, 2.75) is 19.5 Å². The maximum absolute atomic E-state index is 13.0. The van der Waals surface area contributed by atoms with Gasteiger partial charge in [-0.3, -0.25) is 9.48 Å². The Kier molecular flexibility index (Phi) is 3.97. The first kappa shape index (κ1) is 15.4. The Labute approximate surface area is 143 Å². The van der Waals surface area contributed by atoms with Gasteiger partial charge in [0.2, 0.25) is 5.91 Å². The zero-order valence-corrected chi connectivity index (χ0v) is 13.5. The summed E-state index contributed by atoms with van der Waals surface area (Å²) in [6, 6.07) is 6.20. The molecule has 0 unspecified atom stereocenters. The van der Waals surface area contributed by atoms with E-state index in [0.29, 0.717) is 13.1 Å². The molecule has 3 heterocycles. The number of carbonyl (C=O) groups is 1. The topological polar surface area (TPSA) is 63.9 Å². The summed E-state index contributed by atoms with van der Waals surface area (Å²) in [5.74, 6) is -0.274. The van der Waals surface area contributed by atoms with Gasteiger partial charge in [0, 0.05) is 43.0 Å². The molecule has 0 fully saturated rings. The van der Waals surface area contributed by atoms with Crippen molar-refractivity contribution in [2.24, 2.45) is 0 Å². The Morgan fingerprint density at radius 3 is 2.84 bits per heavy atom. The lowest BCUT2D eigenvalue weighted by Crippen LogP contribution is -2.38. The van der Waals surface area contributed by atoms with Crippen molar-refractivity contribution in [1.29, 1.82) is 0 Å². The molecule has 4 rings (SSSR count). The second-order valence-electron chi connectivity index (χ2n) is 5.99. The quantitative estimate of drug-likeness (QED) is 0.734. The van der Waals surface area contributed by atoms with Crippen molar-refractivity contribution in [2.75, 3.05) is 6.54 Å². The third-order valence-corrected chi connectivity index (χ3v) is 4.32. The number of nitrogens with zero attached hydrogens (tertiary/aromatic N) is 5. The molecule has 0 N–H and O–H groups in total. The predicted octanol–water partition coefficient (Wildman–Crippen LogP) is 2.06. The summed E-state index contributed by atoms with van der Waals surface area (Å²) in [5, 5.41) is 4.24. The normalized spacial score (nSPS) is 13.6. The molecule has 0 saturated heterocycles. The smallest absolute Gasteiger partial charge is 0.244 e. The summed E-state index contributed by atoms with van der Waals surface area (Å²) >= 11 is 0. The zero-order chi connectivity index (χ0) is 17.2. The van der Waals surface area contributed by atoms with Crippen LogP contribution in [0.3, 0.4) is 0 Å². The SMILES string of the molecule is O=C(Cn1cc(-c2ccc(F)cc2)cn1)N1CCc2ncncc2C1. The Bertz CT molecular complexity index is 906. The summed E-state index contributed by atoms with van der Waals surface area (Å²) in [6.07, 6.45) is 7.52. The molecule has 0 atom stereocenters. The molecule has 25 heavy (non-hydrogen) atoms. The number of benzene rings is 1. The van der Waals surface area contributed by atoms with Gasteiger partial charge < -0.3 is 4.90 Å². The van der Waals surface area contributed by atoms with E-state index in [0.717, 1.165) is 28.8 Å². The van der Waals surface area contributed by atoms with Crippen molar-refractivity contribution in [3.63, 3.8) is 0 Å². The number of amides is 1. The van der Waals surface area contributed by atoms with E-state index in [4.69, 9.17) is 0 Å². The van der Waals surface area contributed by atoms with Gasteiger partial charge in [0.1, 0.15) is 18.7 Å². The van der Waals surface area contributed by atoms with Gasteiger partial charge in [0.05, 0.1) is 11.9 Å². The van der Waals surface area contributed by atoms with Crippen LogP contribution in [-0.2, 0) is 24.3 Å². The minimum Gasteiger partial charge on any atom is -0.336 e. The fourth-order valence-electron chi connectivity index (χ4n) is 2.96. The Morgan fingerprint density at radius 1 is 1.16 bits per heavy atom. The van der Waals surface area contributed by atoms with Crippen LogP contribution in [0.25, 0.3) is 11.1 Å². The number of hydrogen-bond acceptors (Lipinski definition) is 4. The number of halogens is 1. The summed E-state index contributed by atoms with van der Waals surface area (Å²) in [4.78, 5) is 22.6. The highest BCUT2D eigenvalue weighted by atomic mass is 19.1. The van der Waals surface area contributed by atoms with E-state index in [9.17, 15) is 9.18 Å². The van der Waals surface area contributed by atoms with Gasteiger partial charge in [-0.2, -0.15) is 5.10 Å². The molecule has 7 heteroatoms. The van der Waals surface area contributed by atoms with Crippen LogP contribution in [0.15, 0.2) is 49.2 Å². The molecule has 1 amide bonds. The molecule has 126 valence electrons. The number of fused-ring (bicyclic) bond motifs is 1. The van der Waals surface area contributed by atoms with Crippen molar-refractivity contribution in [1.82, 2.24) is 24.6 Å². The molecule has 1 aliphatic heterocycles. The van der Waals surface area contributed by atoms with Crippen LogP contribution in [0.4, 0.5) is 4.39 Å². The minimum absolute atomic E-state index is 0.00302. The predicted molar refractivity (Wildman–Crippen MR) is 88.8 cm³/mol. The lowest BCUT2D eigenvalue weighted by molar-refractivity contribution is -0.133. The average molecular weight is 337 g/mol. The molecule has 1 aliphatic rings. The molecule has 1 aromatic carbocycles.